The third-order valence-electron chi connectivity index (χ3n) is 2.57. The summed E-state index contributed by atoms with van der Waals surface area (Å²) in [7, 11) is 0. The number of benzene rings is 1. The van der Waals surface area contributed by atoms with Crippen molar-refractivity contribution >= 4 is 21.6 Å². The van der Waals surface area contributed by atoms with Gasteiger partial charge in [0.15, 0.2) is 0 Å². The van der Waals surface area contributed by atoms with Gasteiger partial charge in [-0.15, -0.1) is 0 Å². The molecule has 3 heteroatoms. The fraction of sp³-hybridized carbons (Fsp3) is 0.455. The van der Waals surface area contributed by atoms with Gasteiger partial charge in [0, 0.05) is 16.8 Å². The molecule has 1 aromatic carbocycles. The highest BCUT2D eigenvalue weighted by molar-refractivity contribution is 9.10. The van der Waals surface area contributed by atoms with Gasteiger partial charge in [-0.1, -0.05) is 15.9 Å². The summed E-state index contributed by atoms with van der Waals surface area (Å²) >= 11 is 3.42. The lowest BCUT2D eigenvalue weighted by Crippen LogP contribution is -2.26. The Hall–Kier alpha value is -0.540. The zero-order chi connectivity index (χ0) is 9.97. The molecule has 1 fully saturated rings. The van der Waals surface area contributed by atoms with Crippen molar-refractivity contribution in [2.75, 3.05) is 11.9 Å². The van der Waals surface area contributed by atoms with E-state index < -0.39 is 0 Å². The zero-order valence-corrected chi connectivity index (χ0v) is 9.75. The first-order valence-corrected chi connectivity index (χ1v) is 5.69. The number of ether oxygens (including phenoxy) is 1. The summed E-state index contributed by atoms with van der Waals surface area (Å²) in [6.45, 7) is 2.99. The molecule has 0 aliphatic carbocycles. The van der Waals surface area contributed by atoms with Crippen LogP contribution in [0.15, 0.2) is 28.7 Å². The maximum atomic E-state index is 5.49. The second-order valence-corrected chi connectivity index (χ2v) is 4.54. The molecule has 2 rings (SSSR count). The van der Waals surface area contributed by atoms with Crippen molar-refractivity contribution in [2.24, 2.45) is 0 Å². The molecule has 2 atom stereocenters. The van der Waals surface area contributed by atoms with Crippen LogP contribution in [0.1, 0.15) is 13.3 Å². The molecule has 0 saturated carbocycles. The minimum atomic E-state index is 0.318. The van der Waals surface area contributed by atoms with Crippen molar-refractivity contribution in [3.05, 3.63) is 28.7 Å². The fourth-order valence-corrected chi connectivity index (χ4v) is 1.95. The molecule has 1 heterocycles. The van der Waals surface area contributed by atoms with Crippen molar-refractivity contribution in [2.45, 2.75) is 25.5 Å². The fourth-order valence-electron chi connectivity index (χ4n) is 1.68. The number of nitrogens with one attached hydrogen (secondary N) is 1. The van der Waals surface area contributed by atoms with Crippen LogP contribution < -0.4 is 5.32 Å². The number of anilines is 1. The second kappa shape index (κ2) is 4.32. The van der Waals surface area contributed by atoms with E-state index in [1.807, 2.05) is 12.1 Å². The molecule has 76 valence electrons. The molecule has 1 aliphatic rings. The van der Waals surface area contributed by atoms with Crippen LogP contribution >= 0.6 is 15.9 Å². The molecule has 1 aromatic rings. The normalized spacial score (nSPS) is 26.4. The molecule has 0 radical (unpaired) electrons. The third kappa shape index (κ3) is 2.28. The van der Waals surface area contributed by atoms with Crippen molar-refractivity contribution < 1.29 is 4.74 Å². The average molecular weight is 256 g/mol. The molecule has 0 unspecified atom stereocenters. The van der Waals surface area contributed by atoms with Gasteiger partial charge in [-0.05, 0) is 37.6 Å². The van der Waals surface area contributed by atoms with Crippen molar-refractivity contribution in [1.29, 1.82) is 0 Å². The van der Waals surface area contributed by atoms with Crippen LogP contribution in [0.25, 0.3) is 0 Å². The topological polar surface area (TPSA) is 21.3 Å². The Morgan fingerprint density at radius 1 is 1.36 bits per heavy atom. The Bertz CT molecular complexity index is 299. The van der Waals surface area contributed by atoms with Crippen LogP contribution in [0, 0.1) is 0 Å². The van der Waals surface area contributed by atoms with E-state index in [0.29, 0.717) is 12.1 Å². The summed E-state index contributed by atoms with van der Waals surface area (Å²) < 4.78 is 6.60. The molecule has 1 saturated heterocycles. The van der Waals surface area contributed by atoms with Crippen LogP contribution in [0.5, 0.6) is 0 Å². The lowest BCUT2D eigenvalue weighted by atomic mass is 10.1. The smallest absolute Gasteiger partial charge is 0.0748 e. The minimum absolute atomic E-state index is 0.318. The Balaban J connectivity index is 2.00. The van der Waals surface area contributed by atoms with Gasteiger partial charge in [0.25, 0.3) is 0 Å². The maximum absolute atomic E-state index is 5.49. The van der Waals surface area contributed by atoms with Crippen molar-refractivity contribution in [1.82, 2.24) is 0 Å². The summed E-state index contributed by atoms with van der Waals surface area (Å²) in [5, 5.41) is 3.47. The molecule has 1 N–H and O–H groups in total. The third-order valence-corrected chi connectivity index (χ3v) is 3.10. The SMILES string of the molecule is C[C@H]1OCC[C@@H]1Nc1ccc(Br)cc1. The number of halogens is 1. The summed E-state index contributed by atoms with van der Waals surface area (Å²) in [5.41, 5.74) is 1.16. The highest BCUT2D eigenvalue weighted by Gasteiger charge is 2.23. The lowest BCUT2D eigenvalue weighted by molar-refractivity contribution is 0.121. The van der Waals surface area contributed by atoms with Crippen LogP contribution in [-0.4, -0.2) is 18.8 Å². The summed E-state index contributed by atoms with van der Waals surface area (Å²) in [6, 6.07) is 8.70. The van der Waals surface area contributed by atoms with E-state index in [9.17, 15) is 0 Å². The molecule has 2 nitrogen and oxygen atoms in total. The first-order valence-electron chi connectivity index (χ1n) is 4.89. The molecular formula is C11H14BrNO. The van der Waals surface area contributed by atoms with Gasteiger partial charge in [-0.3, -0.25) is 0 Å². The average Bonchev–Trinajstić information content (AvgIpc) is 2.56. The molecule has 0 aromatic heterocycles. The highest BCUT2D eigenvalue weighted by atomic mass is 79.9. The van der Waals surface area contributed by atoms with Crippen molar-refractivity contribution in [3.63, 3.8) is 0 Å². The molecule has 0 spiro atoms. The Morgan fingerprint density at radius 3 is 2.64 bits per heavy atom. The van der Waals surface area contributed by atoms with E-state index in [1.165, 1.54) is 0 Å². The highest BCUT2D eigenvalue weighted by Crippen LogP contribution is 2.20. The Kier molecular flexibility index (Phi) is 3.08. The maximum Gasteiger partial charge on any atom is 0.0748 e. The van der Waals surface area contributed by atoms with E-state index in [1.54, 1.807) is 0 Å². The predicted molar refractivity (Wildman–Crippen MR) is 61.6 cm³/mol. The standard InChI is InChI=1S/C11H14BrNO/c1-8-11(6-7-14-8)13-10-4-2-9(12)3-5-10/h2-5,8,11,13H,6-7H2,1H3/t8-,11+/m1/s1. The van der Waals surface area contributed by atoms with Crippen molar-refractivity contribution in [3.8, 4) is 0 Å². The van der Waals surface area contributed by atoms with Crippen LogP contribution in [0.3, 0.4) is 0 Å². The van der Waals surface area contributed by atoms with Gasteiger partial charge in [-0.25, -0.2) is 0 Å². The van der Waals surface area contributed by atoms with Crippen LogP contribution in [-0.2, 0) is 4.74 Å². The number of hydrogen-bond donors (Lipinski definition) is 1. The molecule has 14 heavy (non-hydrogen) atoms. The van der Waals surface area contributed by atoms with Gasteiger partial charge in [-0.2, -0.15) is 0 Å². The molecule has 0 amide bonds. The van der Waals surface area contributed by atoms with Gasteiger partial charge >= 0.3 is 0 Å². The summed E-state index contributed by atoms with van der Waals surface area (Å²) in [5.74, 6) is 0. The number of rotatable bonds is 2. The summed E-state index contributed by atoms with van der Waals surface area (Å²) in [6.07, 6.45) is 1.41. The van der Waals surface area contributed by atoms with E-state index in [-0.39, 0.29) is 0 Å². The van der Waals surface area contributed by atoms with E-state index in [2.05, 4.69) is 40.3 Å². The van der Waals surface area contributed by atoms with E-state index in [4.69, 9.17) is 4.74 Å². The molecular weight excluding hydrogens is 242 g/mol. The number of hydrogen-bond acceptors (Lipinski definition) is 2. The van der Waals surface area contributed by atoms with Crippen LogP contribution in [0.4, 0.5) is 5.69 Å². The second-order valence-electron chi connectivity index (χ2n) is 3.62. The lowest BCUT2D eigenvalue weighted by Gasteiger charge is -2.17. The zero-order valence-electron chi connectivity index (χ0n) is 8.16. The van der Waals surface area contributed by atoms with E-state index >= 15 is 0 Å². The monoisotopic (exact) mass is 255 g/mol. The quantitative estimate of drug-likeness (QED) is 0.878. The van der Waals surface area contributed by atoms with E-state index in [0.717, 1.165) is 23.2 Å². The van der Waals surface area contributed by atoms with Gasteiger partial charge in [0.2, 0.25) is 0 Å². The molecule has 1 aliphatic heterocycles. The van der Waals surface area contributed by atoms with Gasteiger partial charge in [0.1, 0.15) is 0 Å². The molecule has 0 bridgehead atoms. The first-order chi connectivity index (χ1) is 6.75. The minimum Gasteiger partial charge on any atom is -0.380 e. The first kappa shape index (κ1) is 9.99. The Labute approximate surface area is 92.8 Å². The van der Waals surface area contributed by atoms with Gasteiger partial charge < -0.3 is 10.1 Å². The van der Waals surface area contributed by atoms with Crippen LogP contribution in [0.2, 0.25) is 0 Å². The predicted octanol–water partition coefficient (Wildman–Crippen LogP) is 3.04. The largest absolute Gasteiger partial charge is 0.380 e. The summed E-state index contributed by atoms with van der Waals surface area (Å²) in [4.78, 5) is 0. The Morgan fingerprint density at radius 2 is 2.07 bits per heavy atom. The van der Waals surface area contributed by atoms with Gasteiger partial charge in [0.05, 0.1) is 12.1 Å².